The van der Waals surface area contributed by atoms with E-state index in [1.807, 2.05) is 32.5 Å². The molecule has 108 valence electrons. The zero-order chi connectivity index (χ0) is 14.4. The minimum Gasteiger partial charge on any atom is -0.383 e. The largest absolute Gasteiger partial charge is 0.383 e. The lowest BCUT2D eigenvalue weighted by molar-refractivity contribution is 0.179. The second kappa shape index (κ2) is 7.10. The van der Waals surface area contributed by atoms with Crippen molar-refractivity contribution in [2.75, 3.05) is 13.7 Å². The summed E-state index contributed by atoms with van der Waals surface area (Å²) in [6.07, 6.45) is 0. The van der Waals surface area contributed by atoms with Crippen LogP contribution < -0.4 is 16.6 Å². The van der Waals surface area contributed by atoms with Crippen LogP contribution in [-0.2, 0) is 18.3 Å². The number of nitrogens with one attached hydrogen (secondary N) is 2. The van der Waals surface area contributed by atoms with E-state index >= 15 is 0 Å². The molecule has 0 spiro atoms. The van der Waals surface area contributed by atoms with E-state index in [1.165, 1.54) is 0 Å². The van der Waals surface area contributed by atoms with Gasteiger partial charge in [0.1, 0.15) is 0 Å². The Morgan fingerprint density at radius 1 is 1.53 bits per heavy atom. The number of methoxy groups -OCH3 is 1. The van der Waals surface area contributed by atoms with Crippen LogP contribution in [-0.4, -0.2) is 35.5 Å². The van der Waals surface area contributed by atoms with Crippen molar-refractivity contribution >= 4 is 5.96 Å². The Labute approximate surface area is 114 Å². The Morgan fingerprint density at radius 2 is 2.21 bits per heavy atom. The fraction of sp³-hybridized carbons (Fsp3) is 0.667. The zero-order valence-electron chi connectivity index (χ0n) is 12.3. The lowest BCUT2D eigenvalue weighted by atomic mass is 10.2. The average Bonchev–Trinajstić information content (AvgIpc) is 2.60. The standard InChI is InChI=1S/C12H24N6O/c1-8(7-19-5)15-12(16-13)14-6-11-9(2)17-18(4)10(11)3/h8H,6-7,13H2,1-5H3,(H2,14,15,16). The number of aromatic nitrogens is 2. The lowest BCUT2D eigenvalue weighted by Gasteiger charge is -2.15. The summed E-state index contributed by atoms with van der Waals surface area (Å²) in [6, 6.07) is 0.135. The number of hydrogen-bond donors (Lipinski definition) is 3. The zero-order valence-corrected chi connectivity index (χ0v) is 12.3. The fourth-order valence-electron chi connectivity index (χ4n) is 1.86. The summed E-state index contributed by atoms with van der Waals surface area (Å²) in [7, 11) is 3.59. The van der Waals surface area contributed by atoms with Crippen LogP contribution in [0.15, 0.2) is 4.99 Å². The molecule has 0 saturated heterocycles. The second-order valence-electron chi connectivity index (χ2n) is 4.58. The molecule has 1 aromatic rings. The molecule has 1 aromatic heterocycles. The highest BCUT2D eigenvalue weighted by atomic mass is 16.5. The average molecular weight is 268 g/mol. The minimum absolute atomic E-state index is 0.135. The molecular weight excluding hydrogens is 244 g/mol. The second-order valence-corrected chi connectivity index (χ2v) is 4.58. The van der Waals surface area contributed by atoms with Gasteiger partial charge in [-0.25, -0.2) is 10.8 Å². The summed E-state index contributed by atoms with van der Waals surface area (Å²) < 4.78 is 6.91. The van der Waals surface area contributed by atoms with Gasteiger partial charge in [-0.3, -0.25) is 10.1 Å². The van der Waals surface area contributed by atoms with Crippen molar-refractivity contribution in [2.24, 2.45) is 17.9 Å². The normalized spacial score (nSPS) is 13.5. The van der Waals surface area contributed by atoms with E-state index in [4.69, 9.17) is 10.6 Å². The molecule has 0 aliphatic carbocycles. The van der Waals surface area contributed by atoms with Gasteiger partial charge < -0.3 is 10.1 Å². The molecule has 7 nitrogen and oxygen atoms in total. The van der Waals surface area contributed by atoms with Crippen molar-refractivity contribution in [1.29, 1.82) is 0 Å². The van der Waals surface area contributed by atoms with Crippen LogP contribution in [0.1, 0.15) is 23.9 Å². The van der Waals surface area contributed by atoms with Crippen molar-refractivity contribution in [3.8, 4) is 0 Å². The molecule has 1 atom stereocenters. The van der Waals surface area contributed by atoms with Crippen molar-refractivity contribution in [2.45, 2.75) is 33.4 Å². The maximum Gasteiger partial charge on any atom is 0.206 e. The Hall–Kier alpha value is -1.60. The third kappa shape index (κ3) is 4.22. The number of guanidine groups is 1. The number of nitrogens with two attached hydrogens (primary N) is 1. The molecule has 0 radical (unpaired) electrons. The Morgan fingerprint density at radius 3 is 2.68 bits per heavy atom. The van der Waals surface area contributed by atoms with E-state index in [0.717, 1.165) is 17.0 Å². The van der Waals surface area contributed by atoms with Crippen LogP contribution in [0.25, 0.3) is 0 Å². The summed E-state index contributed by atoms with van der Waals surface area (Å²) in [5, 5.41) is 7.51. The van der Waals surface area contributed by atoms with Crippen LogP contribution in [0.5, 0.6) is 0 Å². The Bertz CT molecular complexity index is 440. The van der Waals surface area contributed by atoms with Gasteiger partial charge in [0.05, 0.1) is 18.8 Å². The quantitative estimate of drug-likeness (QED) is 0.302. The SMILES string of the molecule is COCC(C)NC(=NCc1c(C)nn(C)c1C)NN. The molecule has 19 heavy (non-hydrogen) atoms. The van der Waals surface area contributed by atoms with E-state index < -0.39 is 0 Å². The molecule has 0 bridgehead atoms. The van der Waals surface area contributed by atoms with Crippen LogP contribution >= 0.6 is 0 Å². The molecule has 0 aromatic carbocycles. The third-order valence-electron chi connectivity index (χ3n) is 2.99. The smallest absolute Gasteiger partial charge is 0.206 e. The summed E-state index contributed by atoms with van der Waals surface area (Å²) >= 11 is 0. The van der Waals surface area contributed by atoms with Gasteiger partial charge in [-0.1, -0.05) is 0 Å². The van der Waals surface area contributed by atoms with E-state index in [-0.39, 0.29) is 6.04 Å². The number of rotatable bonds is 5. The number of hydrazine groups is 1. The molecule has 0 fully saturated rings. The van der Waals surface area contributed by atoms with Gasteiger partial charge in [-0.15, -0.1) is 0 Å². The molecule has 4 N–H and O–H groups in total. The number of aryl methyl sites for hydroxylation is 2. The van der Waals surface area contributed by atoms with E-state index in [2.05, 4.69) is 20.8 Å². The first-order valence-electron chi connectivity index (χ1n) is 6.25. The summed E-state index contributed by atoms with van der Waals surface area (Å²) in [4.78, 5) is 4.43. The minimum atomic E-state index is 0.135. The van der Waals surface area contributed by atoms with E-state index in [1.54, 1.807) is 7.11 Å². The number of ether oxygens (including phenoxy) is 1. The molecule has 0 aliphatic heterocycles. The molecule has 0 amide bonds. The molecule has 7 heteroatoms. The van der Waals surface area contributed by atoms with Gasteiger partial charge in [0.2, 0.25) is 5.96 Å². The van der Waals surface area contributed by atoms with Crippen molar-refractivity contribution in [3.05, 3.63) is 17.0 Å². The number of aliphatic imine (C=N–C) groups is 1. The van der Waals surface area contributed by atoms with Crippen LogP contribution in [0.4, 0.5) is 0 Å². The summed E-state index contributed by atoms with van der Waals surface area (Å²) in [5.74, 6) is 6.01. The van der Waals surface area contributed by atoms with Crippen LogP contribution in [0.3, 0.4) is 0 Å². The van der Waals surface area contributed by atoms with Gasteiger partial charge >= 0.3 is 0 Å². The monoisotopic (exact) mass is 268 g/mol. The number of hydrogen-bond acceptors (Lipinski definition) is 4. The molecule has 1 rings (SSSR count). The first-order chi connectivity index (χ1) is 8.99. The van der Waals surface area contributed by atoms with Crippen molar-refractivity contribution in [1.82, 2.24) is 20.5 Å². The Kier molecular flexibility index (Phi) is 5.78. The van der Waals surface area contributed by atoms with Crippen LogP contribution in [0.2, 0.25) is 0 Å². The highest BCUT2D eigenvalue weighted by molar-refractivity contribution is 5.79. The Balaban J connectivity index is 2.71. The van der Waals surface area contributed by atoms with Gasteiger partial charge in [0.25, 0.3) is 0 Å². The van der Waals surface area contributed by atoms with Gasteiger partial charge in [-0.05, 0) is 20.8 Å². The van der Waals surface area contributed by atoms with Crippen molar-refractivity contribution < 1.29 is 4.74 Å². The van der Waals surface area contributed by atoms with Crippen molar-refractivity contribution in [3.63, 3.8) is 0 Å². The molecule has 0 aliphatic rings. The predicted octanol–water partition coefficient (Wildman–Crippen LogP) is -0.0193. The van der Waals surface area contributed by atoms with E-state index in [9.17, 15) is 0 Å². The summed E-state index contributed by atoms with van der Waals surface area (Å²) in [5.41, 5.74) is 5.79. The fourth-order valence-corrected chi connectivity index (χ4v) is 1.86. The first kappa shape index (κ1) is 15.5. The van der Waals surface area contributed by atoms with Gasteiger partial charge in [0, 0.05) is 31.5 Å². The maximum atomic E-state index is 5.46. The first-order valence-corrected chi connectivity index (χ1v) is 6.25. The van der Waals surface area contributed by atoms with Gasteiger partial charge in [0.15, 0.2) is 0 Å². The van der Waals surface area contributed by atoms with Gasteiger partial charge in [-0.2, -0.15) is 5.10 Å². The predicted molar refractivity (Wildman–Crippen MR) is 75.6 cm³/mol. The molecule has 1 unspecified atom stereocenters. The number of nitrogens with zero attached hydrogens (tertiary/aromatic N) is 3. The third-order valence-corrected chi connectivity index (χ3v) is 2.99. The lowest BCUT2D eigenvalue weighted by Crippen LogP contribution is -2.46. The highest BCUT2D eigenvalue weighted by Gasteiger charge is 2.09. The van der Waals surface area contributed by atoms with E-state index in [0.29, 0.717) is 19.1 Å². The summed E-state index contributed by atoms with van der Waals surface area (Å²) in [6.45, 7) is 7.13. The highest BCUT2D eigenvalue weighted by Crippen LogP contribution is 2.12. The van der Waals surface area contributed by atoms with Crippen LogP contribution in [0, 0.1) is 13.8 Å². The molecular formula is C12H24N6O. The molecule has 0 saturated carbocycles. The topological polar surface area (TPSA) is 89.5 Å². The maximum absolute atomic E-state index is 5.46. The molecule has 1 heterocycles.